The van der Waals surface area contributed by atoms with Gasteiger partial charge in [0.25, 0.3) is 0 Å². The molecule has 0 bridgehead atoms. The van der Waals surface area contributed by atoms with E-state index in [4.69, 9.17) is 14.9 Å². The van der Waals surface area contributed by atoms with Crippen molar-refractivity contribution in [3.05, 3.63) is 0 Å². The third-order valence-corrected chi connectivity index (χ3v) is 2.58. The van der Waals surface area contributed by atoms with Crippen molar-refractivity contribution in [2.45, 2.75) is 18.9 Å². The van der Waals surface area contributed by atoms with Crippen LogP contribution < -0.4 is 0 Å². The molecule has 1 aliphatic carbocycles. The Morgan fingerprint density at radius 1 is 1.20 bits per heavy atom. The zero-order valence-electron chi connectivity index (χ0n) is 8.38. The van der Waals surface area contributed by atoms with Gasteiger partial charge in [-0.2, -0.15) is 0 Å². The summed E-state index contributed by atoms with van der Waals surface area (Å²) in [6.07, 6.45) is 0.123. The van der Waals surface area contributed by atoms with Gasteiger partial charge in [0.05, 0.1) is 17.9 Å². The number of ether oxygens (including phenoxy) is 2. The number of hydrogen-bond acceptors (Lipinski definition) is 4. The van der Waals surface area contributed by atoms with Crippen LogP contribution in [-0.2, 0) is 19.1 Å². The van der Waals surface area contributed by atoms with Crippen LogP contribution in [0.4, 0.5) is 0 Å². The van der Waals surface area contributed by atoms with E-state index in [0.29, 0.717) is 0 Å². The van der Waals surface area contributed by atoms with Gasteiger partial charge in [-0.05, 0) is 12.8 Å². The lowest BCUT2D eigenvalue weighted by Crippen LogP contribution is -2.24. The minimum atomic E-state index is -1.08. The maximum absolute atomic E-state index is 10.8. The first-order valence-electron chi connectivity index (χ1n) is 4.62. The van der Waals surface area contributed by atoms with Crippen LogP contribution in [0.3, 0.4) is 0 Å². The average molecular weight is 218 g/mol. The van der Waals surface area contributed by atoms with Crippen molar-refractivity contribution in [2.24, 2.45) is 11.8 Å². The SMILES string of the molecule is COCOC1C[C@@H](C(=O)O)[C@H](C(=O)O)C1. The largest absolute Gasteiger partial charge is 0.481 e. The Hall–Kier alpha value is -1.14. The molecule has 1 rings (SSSR count). The number of aliphatic carboxylic acids is 2. The molecule has 0 aromatic carbocycles. The maximum atomic E-state index is 10.8. The van der Waals surface area contributed by atoms with Crippen LogP contribution in [0, 0.1) is 11.8 Å². The molecule has 0 spiro atoms. The van der Waals surface area contributed by atoms with Crippen LogP contribution in [0.5, 0.6) is 0 Å². The first-order chi connectivity index (χ1) is 7.06. The van der Waals surface area contributed by atoms with E-state index in [-0.39, 0.29) is 25.7 Å². The maximum Gasteiger partial charge on any atom is 0.307 e. The van der Waals surface area contributed by atoms with Gasteiger partial charge in [-0.1, -0.05) is 0 Å². The second-order valence-corrected chi connectivity index (χ2v) is 3.56. The summed E-state index contributed by atoms with van der Waals surface area (Å²) < 4.78 is 9.84. The molecule has 6 nitrogen and oxygen atoms in total. The van der Waals surface area contributed by atoms with Crippen molar-refractivity contribution in [2.75, 3.05) is 13.9 Å². The summed E-state index contributed by atoms with van der Waals surface area (Å²) in [6, 6.07) is 0. The Bertz CT molecular complexity index is 229. The Labute approximate surface area is 86.8 Å². The Morgan fingerprint density at radius 2 is 1.67 bits per heavy atom. The van der Waals surface area contributed by atoms with Crippen molar-refractivity contribution >= 4 is 11.9 Å². The van der Waals surface area contributed by atoms with Gasteiger partial charge in [-0.3, -0.25) is 9.59 Å². The van der Waals surface area contributed by atoms with E-state index in [9.17, 15) is 9.59 Å². The number of rotatable bonds is 5. The lowest BCUT2D eigenvalue weighted by Gasteiger charge is -2.09. The first-order valence-corrected chi connectivity index (χ1v) is 4.62. The summed E-state index contributed by atoms with van der Waals surface area (Å²) in [5, 5.41) is 17.7. The molecule has 0 aromatic heterocycles. The molecule has 0 unspecified atom stereocenters. The predicted molar refractivity (Wildman–Crippen MR) is 48.2 cm³/mol. The minimum absolute atomic E-state index is 0.0589. The lowest BCUT2D eigenvalue weighted by atomic mass is 9.97. The molecule has 15 heavy (non-hydrogen) atoms. The minimum Gasteiger partial charge on any atom is -0.481 e. The highest BCUT2D eigenvalue weighted by molar-refractivity contribution is 5.80. The fourth-order valence-corrected chi connectivity index (χ4v) is 1.84. The normalized spacial score (nSPS) is 26.7. The van der Waals surface area contributed by atoms with Crippen molar-refractivity contribution in [3.8, 4) is 0 Å². The van der Waals surface area contributed by atoms with Gasteiger partial charge in [0.2, 0.25) is 0 Å². The average Bonchev–Trinajstić information content (AvgIpc) is 2.58. The van der Waals surface area contributed by atoms with E-state index < -0.39 is 23.8 Å². The van der Waals surface area contributed by atoms with Gasteiger partial charge in [-0.25, -0.2) is 0 Å². The molecule has 0 heterocycles. The topological polar surface area (TPSA) is 93.1 Å². The highest BCUT2D eigenvalue weighted by Crippen LogP contribution is 2.34. The molecule has 86 valence electrons. The van der Waals surface area contributed by atoms with E-state index >= 15 is 0 Å². The summed E-state index contributed by atoms with van der Waals surface area (Å²) in [4.78, 5) is 21.6. The van der Waals surface area contributed by atoms with E-state index in [0.717, 1.165) is 0 Å². The lowest BCUT2D eigenvalue weighted by molar-refractivity contribution is -0.152. The van der Waals surface area contributed by atoms with E-state index in [1.165, 1.54) is 7.11 Å². The molecule has 6 heteroatoms. The monoisotopic (exact) mass is 218 g/mol. The summed E-state index contributed by atoms with van der Waals surface area (Å²) in [5.41, 5.74) is 0. The van der Waals surface area contributed by atoms with E-state index in [1.807, 2.05) is 0 Å². The van der Waals surface area contributed by atoms with Crippen molar-refractivity contribution < 1.29 is 29.3 Å². The number of carbonyl (C=O) groups is 2. The number of carboxylic acids is 2. The Balaban J connectivity index is 2.57. The molecule has 0 saturated heterocycles. The molecule has 0 aliphatic heterocycles. The highest BCUT2D eigenvalue weighted by Gasteiger charge is 2.43. The van der Waals surface area contributed by atoms with Gasteiger partial charge < -0.3 is 19.7 Å². The van der Waals surface area contributed by atoms with Crippen LogP contribution in [0.1, 0.15) is 12.8 Å². The van der Waals surface area contributed by atoms with E-state index in [1.54, 1.807) is 0 Å². The van der Waals surface area contributed by atoms with Crippen LogP contribution in [0.15, 0.2) is 0 Å². The van der Waals surface area contributed by atoms with Crippen LogP contribution in [-0.4, -0.2) is 42.2 Å². The van der Waals surface area contributed by atoms with Gasteiger partial charge in [0.1, 0.15) is 6.79 Å². The quantitative estimate of drug-likeness (QED) is 0.639. The third-order valence-electron chi connectivity index (χ3n) is 2.58. The summed E-state index contributed by atoms with van der Waals surface area (Å²) in [7, 11) is 1.46. The number of hydrogen-bond donors (Lipinski definition) is 2. The second-order valence-electron chi connectivity index (χ2n) is 3.56. The first kappa shape index (κ1) is 11.9. The van der Waals surface area contributed by atoms with Crippen LogP contribution >= 0.6 is 0 Å². The Morgan fingerprint density at radius 3 is 2.00 bits per heavy atom. The van der Waals surface area contributed by atoms with Crippen LogP contribution in [0.25, 0.3) is 0 Å². The van der Waals surface area contributed by atoms with Crippen molar-refractivity contribution in [3.63, 3.8) is 0 Å². The van der Waals surface area contributed by atoms with E-state index in [2.05, 4.69) is 4.74 Å². The predicted octanol–water partition coefficient (Wildman–Crippen LogP) is 0.171. The zero-order valence-corrected chi connectivity index (χ0v) is 8.38. The molecule has 0 amide bonds. The molecule has 1 fully saturated rings. The van der Waals surface area contributed by atoms with Gasteiger partial charge >= 0.3 is 11.9 Å². The molecule has 2 N–H and O–H groups in total. The smallest absolute Gasteiger partial charge is 0.307 e. The summed E-state index contributed by atoms with van der Waals surface area (Å²) in [6.45, 7) is 0.0589. The number of methoxy groups -OCH3 is 1. The third kappa shape index (κ3) is 2.90. The van der Waals surface area contributed by atoms with Gasteiger partial charge in [0.15, 0.2) is 0 Å². The van der Waals surface area contributed by atoms with Crippen LogP contribution in [0.2, 0.25) is 0 Å². The number of carboxylic acid groups (broad SMARTS) is 2. The summed E-state index contributed by atoms with van der Waals surface area (Å²) in [5.74, 6) is -3.87. The zero-order chi connectivity index (χ0) is 11.4. The fourth-order valence-electron chi connectivity index (χ4n) is 1.84. The Kier molecular flexibility index (Phi) is 4.05. The highest BCUT2D eigenvalue weighted by atomic mass is 16.7. The molecular formula is C9H14O6. The van der Waals surface area contributed by atoms with Gasteiger partial charge in [-0.15, -0.1) is 0 Å². The standard InChI is InChI=1S/C9H14O6/c1-14-4-15-5-2-6(8(10)11)7(3-5)9(12)13/h5-7H,2-4H2,1H3,(H,10,11)(H,12,13)/t6-,7-/m1/s1. The van der Waals surface area contributed by atoms with Gasteiger partial charge in [0, 0.05) is 7.11 Å². The molecule has 1 saturated carbocycles. The summed E-state index contributed by atoms with van der Waals surface area (Å²) >= 11 is 0. The second kappa shape index (κ2) is 5.09. The molecule has 2 atom stereocenters. The van der Waals surface area contributed by atoms with Crippen molar-refractivity contribution in [1.29, 1.82) is 0 Å². The molecule has 0 radical (unpaired) electrons. The van der Waals surface area contributed by atoms with Crippen molar-refractivity contribution in [1.82, 2.24) is 0 Å². The molecule has 1 aliphatic rings. The fraction of sp³-hybridized carbons (Fsp3) is 0.778. The molecule has 0 aromatic rings. The molecular weight excluding hydrogens is 204 g/mol.